The monoisotopic (exact) mass is 250 g/mol. The molecular formula is C12H18N4O2. The van der Waals surface area contributed by atoms with E-state index < -0.39 is 0 Å². The van der Waals surface area contributed by atoms with E-state index in [0.29, 0.717) is 17.6 Å². The molecule has 0 spiro atoms. The highest BCUT2D eigenvalue weighted by Gasteiger charge is 2.12. The Hall–Kier alpha value is -1.85. The first-order valence-electron chi connectivity index (χ1n) is 6.30. The molecule has 0 amide bonds. The van der Waals surface area contributed by atoms with E-state index in [1.165, 1.54) is 7.05 Å². The van der Waals surface area contributed by atoms with Crippen LogP contribution in [0.4, 0.5) is 0 Å². The SMILES string of the molecule is CCCCCCn1c(=O)n(C)c(=O)c2c[nH]nc21. The summed E-state index contributed by atoms with van der Waals surface area (Å²) < 4.78 is 2.71. The minimum atomic E-state index is -0.298. The molecule has 0 aromatic carbocycles. The summed E-state index contributed by atoms with van der Waals surface area (Å²) in [5, 5.41) is 7.12. The van der Waals surface area contributed by atoms with Crippen LogP contribution in [-0.2, 0) is 13.6 Å². The van der Waals surface area contributed by atoms with Crippen molar-refractivity contribution in [2.24, 2.45) is 7.05 Å². The quantitative estimate of drug-likeness (QED) is 0.805. The van der Waals surface area contributed by atoms with Crippen LogP contribution in [-0.4, -0.2) is 19.3 Å². The Labute approximate surface area is 104 Å². The van der Waals surface area contributed by atoms with E-state index >= 15 is 0 Å². The van der Waals surface area contributed by atoms with Gasteiger partial charge in [-0.1, -0.05) is 26.2 Å². The molecule has 0 saturated heterocycles. The maximum Gasteiger partial charge on any atom is 0.332 e. The number of unbranched alkanes of at least 4 members (excludes halogenated alkanes) is 3. The van der Waals surface area contributed by atoms with Gasteiger partial charge in [-0.25, -0.2) is 4.79 Å². The molecule has 18 heavy (non-hydrogen) atoms. The summed E-state index contributed by atoms with van der Waals surface area (Å²) in [7, 11) is 1.50. The summed E-state index contributed by atoms with van der Waals surface area (Å²) in [6.07, 6.45) is 5.86. The van der Waals surface area contributed by atoms with Gasteiger partial charge in [0.25, 0.3) is 5.56 Å². The van der Waals surface area contributed by atoms with Crippen LogP contribution >= 0.6 is 0 Å². The van der Waals surface area contributed by atoms with Gasteiger partial charge >= 0.3 is 5.69 Å². The van der Waals surface area contributed by atoms with E-state index in [0.717, 1.165) is 30.3 Å². The van der Waals surface area contributed by atoms with Gasteiger partial charge in [-0.15, -0.1) is 0 Å². The average molecular weight is 250 g/mol. The van der Waals surface area contributed by atoms with Crippen molar-refractivity contribution in [3.05, 3.63) is 27.0 Å². The van der Waals surface area contributed by atoms with Crippen LogP contribution in [0.5, 0.6) is 0 Å². The number of rotatable bonds is 5. The standard InChI is InChI=1S/C12H18N4O2/c1-3-4-5-6-7-16-10-9(8-13-14-10)11(17)15(2)12(16)18/h8H,3-7H2,1-2H3,(H,13,14). The molecule has 2 heterocycles. The topological polar surface area (TPSA) is 72.7 Å². The molecule has 0 bridgehead atoms. The number of aromatic nitrogens is 4. The van der Waals surface area contributed by atoms with Crippen molar-refractivity contribution in [1.29, 1.82) is 0 Å². The van der Waals surface area contributed by atoms with Gasteiger partial charge < -0.3 is 0 Å². The number of H-pyrrole nitrogens is 1. The minimum absolute atomic E-state index is 0.295. The van der Waals surface area contributed by atoms with Crippen molar-refractivity contribution in [1.82, 2.24) is 19.3 Å². The molecule has 0 aliphatic carbocycles. The summed E-state index contributed by atoms with van der Waals surface area (Å²) in [6, 6.07) is 0. The van der Waals surface area contributed by atoms with Crippen molar-refractivity contribution in [2.45, 2.75) is 39.2 Å². The largest absolute Gasteiger partial charge is 0.332 e. The Balaban J connectivity index is 2.40. The first-order valence-corrected chi connectivity index (χ1v) is 6.30. The fraction of sp³-hybridized carbons (Fsp3) is 0.583. The van der Waals surface area contributed by atoms with Crippen LogP contribution < -0.4 is 11.2 Å². The maximum absolute atomic E-state index is 12.0. The molecule has 2 rings (SSSR count). The highest BCUT2D eigenvalue weighted by atomic mass is 16.2. The zero-order chi connectivity index (χ0) is 13.1. The van der Waals surface area contributed by atoms with Crippen molar-refractivity contribution >= 4 is 11.0 Å². The molecule has 0 radical (unpaired) electrons. The highest BCUT2D eigenvalue weighted by Crippen LogP contribution is 2.05. The van der Waals surface area contributed by atoms with Crippen molar-refractivity contribution in [2.75, 3.05) is 0 Å². The molecule has 0 unspecified atom stereocenters. The number of nitrogens with zero attached hydrogens (tertiary/aromatic N) is 3. The van der Waals surface area contributed by atoms with Crippen LogP contribution in [0.15, 0.2) is 15.8 Å². The Morgan fingerprint density at radius 1 is 1.28 bits per heavy atom. The van der Waals surface area contributed by atoms with E-state index in [-0.39, 0.29) is 11.2 Å². The Morgan fingerprint density at radius 3 is 2.78 bits per heavy atom. The molecule has 2 aromatic rings. The lowest BCUT2D eigenvalue weighted by atomic mass is 10.2. The van der Waals surface area contributed by atoms with E-state index in [4.69, 9.17) is 0 Å². The van der Waals surface area contributed by atoms with Gasteiger partial charge in [0.05, 0.1) is 0 Å². The van der Waals surface area contributed by atoms with E-state index in [1.807, 2.05) is 0 Å². The van der Waals surface area contributed by atoms with Crippen molar-refractivity contribution in [3.8, 4) is 0 Å². The number of aromatic amines is 1. The first kappa shape index (κ1) is 12.6. The van der Waals surface area contributed by atoms with Crippen LogP contribution in [0.1, 0.15) is 32.6 Å². The second kappa shape index (κ2) is 5.20. The van der Waals surface area contributed by atoms with Gasteiger partial charge in [0.2, 0.25) is 0 Å². The summed E-state index contributed by atoms with van der Waals surface area (Å²) in [6.45, 7) is 2.75. The number of aryl methyl sites for hydroxylation is 1. The summed E-state index contributed by atoms with van der Waals surface area (Å²) in [5.41, 5.74) is -0.135. The molecule has 1 N–H and O–H groups in total. The predicted molar refractivity (Wildman–Crippen MR) is 69.7 cm³/mol. The molecule has 0 fully saturated rings. The van der Waals surface area contributed by atoms with Gasteiger partial charge in [0.1, 0.15) is 5.39 Å². The smallest absolute Gasteiger partial charge is 0.283 e. The predicted octanol–water partition coefficient (Wildman–Crippen LogP) is 1.00. The van der Waals surface area contributed by atoms with E-state index in [2.05, 4.69) is 17.1 Å². The average Bonchev–Trinajstić information content (AvgIpc) is 2.84. The Bertz CT molecular complexity index is 650. The van der Waals surface area contributed by atoms with Crippen LogP contribution in [0, 0.1) is 0 Å². The van der Waals surface area contributed by atoms with Gasteiger partial charge in [-0.3, -0.25) is 19.0 Å². The fourth-order valence-corrected chi connectivity index (χ4v) is 2.08. The maximum atomic E-state index is 12.0. The number of fused-ring (bicyclic) bond motifs is 1. The lowest BCUT2D eigenvalue weighted by Gasteiger charge is -2.08. The zero-order valence-electron chi connectivity index (χ0n) is 10.8. The third kappa shape index (κ3) is 2.10. The second-order valence-electron chi connectivity index (χ2n) is 4.48. The molecule has 98 valence electrons. The molecule has 0 atom stereocenters. The van der Waals surface area contributed by atoms with E-state index in [1.54, 1.807) is 10.8 Å². The Kier molecular flexibility index (Phi) is 3.64. The molecule has 2 aromatic heterocycles. The van der Waals surface area contributed by atoms with Crippen molar-refractivity contribution in [3.63, 3.8) is 0 Å². The molecule has 6 nitrogen and oxygen atoms in total. The van der Waals surface area contributed by atoms with Gasteiger partial charge in [-0.05, 0) is 6.42 Å². The number of hydrogen-bond acceptors (Lipinski definition) is 3. The highest BCUT2D eigenvalue weighted by molar-refractivity contribution is 5.72. The second-order valence-corrected chi connectivity index (χ2v) is 4.48. The van der Waals surface area contributed by atoms with Gasteiger partial charge in [-0.2, -0.15) is 5.10 Å². The number of hydrogen-bond donors (Lipinski definition) is 1. The van der Waals surface area contributed by atoms with Gasteiger partial charge in [0.15, 0.2) is 5.65 Å². The first-order chi connectivity index (χ1) is 8.66. The molecule has 6 heteroatoms. The zero-order valence-corrected chi connectivity index (χ0v) is 10.8. The minimum Gasteiger partial charge on any atom is -0.283 e. The van der Waals surface area contributed by atoms with Crippen LogP contribution in [0.3, 0.4) is 0 Å². The number of nitrogens with one attached hydrogen (secondary N) is 1. The summed E-state index contributed by atoms with van der Waals surface area (Å²) in [5.74, 6) is 0. The lowest BCUT2D eigenvalue weighted by molar-refractivity contribution is 0.554. The molecular weight excluding hydrogens is 232 g/mol. The normalized spacial score (nSPS) is 11.2. The third-order valence-corrected chi connectivity index (χ3v) is 3.16. The summed E-state index contributed by atoms with van der Waals surface area (Å²) in [4.78, 5) is 23.9. The third-order valence-electron chi connectivity index (χ3n) is 3.16. The van der Waals surface area contributed by atoms with Crippen LogP contribution in [0.25, 0.3) is 11.0 Å². The van der Waals surface area contributed by atoms with E-state index in [9.17, 15) is 9.59 Å². The Morgan fingerprint density at radius 2 is 2.06 bits per heavy atom. The van der Waals surface area contributed by atoms with Crippen molar-refractivity contribution < 1.29 is 0 Å². The van der Waals surface area contributed by atoms with Gasteiger partial charge in [0, 0.05) is 19.8 Å². The fourth-order valence-electron chi connectivity index (χ4n) is 2.08. The molecule has 0 aliphatic heterocycles. The van der Waals surface area contributed by atoms with Crippen LogP contribution in [0.2, 0.25) is 0 Å². The molecule has 0 aliphatic rings. The lowest BCUT2D eigenvalue weighted by Crippen LogP contribution is -2.38. The molecule has 0 saturated carbocycles. The summed E-state index contributed by atoms with van der Waals surface area (Å²) >= 11 is 0.